The SMILES string of the molecule is Cc1nc2sccn2c1CNCC1CCC(C)C1. The number of aryl methyl sites for hydroxylation is 1. The smallest absolute Gasteiger partial charge is 0.194 e. The molecule has 0 radical (unpaired) electrons. The molecule has 4 heteroatoms. The number of fused-ring (bicyclic) bond motifs is 1. The van der Waals surface area contributed by atoms with E-state index in [0.29, 0.717) is 0 Å². The number of aromatic nitrogens is 2. The highest BCUT2D eigenvalue weighted by Gasteiger charge is 2.20. The van der Waals surface area contributed by atoms with E-state index in [9.17, 15) is 0 Å². The summed E-state index contributed by atoms with van der Waals surface area (Å²) in [5.41, 5.74) is 2.48. The van der Waals surface area contributed by atoms with E-state index in [2.05, 4.69) is 40.1 Å². The van der Waals surface area contributed by atoms with Crippen LogP contribution >= 0.6 is 11.3 Å². The average Bonchev–Trinajstić information content (AvgIpc) is 2.99. The van der Waals surface area contributed by atoms with Crippen LogP contribution < -0.4 is 5.32 Å². The summed E-state index contributed by atoms with van der Waals surface area (Å²) in [5.74, 6) is 1.81. The maximum Gasteiger partial charge on any atom is 0.194 e. The fraction of sp³-hybridized carbons (Fsp3) is 0.643. The molecule has 3 rings (SSSR count). The zero-order valence-electron chi connectivity index (χ0n) is 11.1. The summed E-state index contributed by atoms with van der Waals surface area (Å²) in [6.45, 7) is 6.57. The fourth-order valence-corrected chi connectivity index (χ4v) is 3.84. The topological polar surface area (TPSA) is 29.3 Å². The van der Waals surface area contributed by atoms with Crippen molar-refractivity contribution in [2.45, 2.75) is 39.7 Å². The van der Waals surface area contributed by atoms with Gasteiger partial charge in [0.2, 0.25) is 0 Å². The first kappa shape index (κ1) is 12.2. The first-order chi connectivity index (χ1) is 8.74. The average molecular weight is 263 g/mol. The van der Waals surface area contributed by atoms with Crippen molar-refractivity contribution in [1.82, 2.24) is 14.7 Å². The van der Waals surface area contributed by atoms with E-state index in [1.807, 2.05) is 0 Å². The third kappa shape index (κ3) is 2.31. The molecule has 98 valence electrons. The van der Waals surface area contributed by atoms with Crippen LogP contribution in [0.15, 0.2) is 11.6 Å². The molecule has 0 aromatic carbocycles. The van der Waals surface area contributed by atoms with Crippen LogP contribution in [-0.2, 0) is 6.54 Å². The van der Waals surface area contributed by atoms with E-state index in [-0.39, 0.29) is 0 Å². The third-order valence-corrected chi connectivity index (χ3v) is 4.85. The molecule has 1 aliphatic carbocycles. The van der Waals surface area contributed by atoms with Gasteiger partial charge in [-0.2, -0.15) is 0 Å². The molecular formula is C14H21N3S. The summed E-state index contributed by atoms with van der Waals surface area (Å²) in [6.07, 6.45) is 6.32. The lowest BCUT2D eigenvalue weighted by atomic mass is 10.1. The Balaban J connectivity index is 1.59. The molecule has 0 saturated heterocycles. The van der Waals surface area contributed by atoms with Crippen LogP contribution in [0.4, 0.5) is 0 Å². The van der Waals surface area contributed by atoms with Gasteiger partial charge in [-0.15, -0.1) is 11.3 Å². The summed E-state index contributed by atoms with van der Waals surface area (Å²) in [5, 5.41) is 5.72. The molecule has 0 spiro atoms. The van der Waals surface area contributed by atoms with Crippen LogP contribution in [0.1, 0.15) is 37.6 Å². The number of nitrogens with one attached hydrogen (secondary N) is 1. The maximum absolute atomic E-state index is 4.58. The minimum Gasteiger partial charge on any atom is -0.311 e. The summed E-state index contributed by atoms with van der Waals surface area (Å²) < 4.78 is 2.21. The maximum atomic E-state index is 4.58. The van der Waals surface area contributed by atoms with Crippen molar-refractivity contribution >= 4 is 16.3 Å². The van der Waals surface area contributed by atoms with Crippen LogP contribution in [0.3, 0.4) is 0 Å². The molecule has 0 aliphatic heterocycles. The van der Waals surface area contributed by atoms with Crippen molar-refractivity contribution in [1.29, 1.82) is 0 Å². The Morgan fingerprint density at radius 3 is 3.17 bits per heavy atom. The van der Waals surface area contributed by atoms with E-state index >= 15 is 0 Å². The van der Waals surface area contributed by atoms with E-state index in [1.165, 1.54) is 25.0 Å². The molecule has 1 aliphatic rings. The van der Waals surface area contributed by atoms with E-state index < -0.39 is 0 Å². The van der Waals surface area contributed by atoms with Crippen molar-refractivity contribution in [3.05, 3.63) is 23.0 Å². The zero-order valence-corrected chi connectivity index (χ0v) is 12.0. The summed E-state index contributed by atoms with van der Waals surface area (Å²) in [4.78, 5) is 5.69. The van der Waals surface area contributed by atoms with Gasteiger partial charge in [0.05, 0.1) is 11.4 Å². The minimum absolute atomic E-state index is 0.881. The molecule has 2 aromatic heterocycles. The highest BCUT2D eigenvalue weighted by molar-refractivity contribution is 7.15. The summed E-state index contributed by atoms with van der Waals surface area (Å²) in [6, 6.07) is 0. The lowest BCUT2D eigenvalue weighted by Gasteiger charge is -2.11. The quantitative estimate of drug-likeness (QED) is 0.917. The van der Waals surface area contributed by atoms with Crippen LogP contribution in [0.5, 0.6) is 0 Å². The minimum atomic E-state index is 0.881. The molecule has 1 fully saturated rings. The van der Waals surface area contributed by atoms with E-state index in [4.69, 9.17) is 0 Å². The first-order valence-electron chi connectivity index (χ1n) is 6.86. The van der Waals surface area contributed by atoms with E-state index in [1.54, 1.807) is 11.3 Å². The Morgan fingerprint density at radius 2 is 2.39 bits per heavy atom. The predicted molar refractivity (Wildman–Crippen MR) is 76.0 cm³/mol. The van der Waals surface area contributed by atoms with Gasteiger partial charge in [0.1, 0.15) is 0 Å². The predicted octanol–water partition coefficient (Wildman–Crippen LogP) is 3.23. The standard InChI is InChI=1S/C14H21N3S/c1-10-3-4-12(7-10)8-15-9-13-11(2)16-14-17(13)5-6-18-14/h5-6,10,12,15H,3-4,7-9H2,1-2H3. The number of thiazole rings is 1. The van der Waals surface area contributed by atoms with Gasteiger partial charge in [-0.1, -0.05) is 13.3 Å². The number of imidazole rings is 1. The Hall–Kier alpha value is -0.870. The lowest BCUT2D eigenvalue weighted by molar-refractivity contribution is 0.468. The Bertz CT molecular complexity index is 528. The van der Waals surface area contributed by atoms with Crippen molar-refractivity contribution < 1.29 is 0 Å². The van der Waals surface area contributed by atoms with Gasteiger partial charge in [0, 0.05) is 18.1 Å². The van der Waals surface area contributed by atoms with Crippen molar-refractivity contribution in [2.75, 3.05) is 6.54 Å². The second kappa shape index (κ2) is 5.02. The number of hydrogen-bond acceptors (Lipinski definition) is 3. The normalized spacial score (nSPS) is 24.1. The summed E-state index contributed by atoms with van der Waals surface area (Å²) >= 11 is 1.71. The molecule has 3 nitrogen and oxygen atoms in total. The summed E-state index contributed by atoms with van der Waals surface area (Å²) in [7, 11) is 0. The van der Waals surface area contributed by atoms with Crippen LogP contribution in [0.25, 0.3) is 4.96 Å². The third-order valence-electron chi connectivity index (χ3n) is 4.09. The zero-order chi connectivity index (χ0) is 12.5. The van der Waals surface area contributed by atoms with Crippen LogP contribution in [0.2, 0.25) is 0 Å². The second-order valence-electron chi connectivity index (χ2n) is 5.61. The second-order valence-corrected chi connectivity index (χ2v) is 6.49. The van der Waals surface area contributed by atoms with Crippen molar-refractivity contribution in [3.8, 4) is 0 Å². The van der Waals surface area contributed by atoms with Gasteiger partial charge >= 0.3 is 0 Å². The van der Waals surface area contributed by atoms with Gasteiger partial charge in [0.15, 0.2) is 4.96 Å². The molecule has 0 amide bonds. The van der Waals surface area contributed by atoms with Gasteiger partial charge in [-0.3, -0.25) is 4.40 Å². The highest BCUT2D eigenvalue weighted by Crippen LogP contribution is 2.29. The fourth-order valence-electron chi connectivity index (χ4n) is 3.06. The molecule has 0 bridgehead atoms. The molecule has 2 atom stereocenters. The molecule has 1 saturated carbocycles. The number of hydrogen-bond donors (Lipinski definition) is 1. The largest absolute Gasteiger partial charge is 0.311 e. The van der Waals surface area contributed by atoms with Crippen LogP contribution in [0, 0.1) is 18.8 Å². The molecule has 1 N–H and O–H groups in total. The molecule has 2 unspecified atom stereocenters. The number of nitrogens with zero attached hydrogens (tertiary/aromatic N) is 2. The van der Waals surface area contributed by atoms with Gasteiger partial charge in [-0.05, 0) is 38.1 Å². The Labute approximate surface area is 112 Å². The van der Waals surface area contributed by atoms with Crippen molar-refractivity contribution in [2.24, 2.45) is 11.8 Å². The first-order valence-corrected chi connectivity index (χ1v) is 7.73. The van der Waals surface area contributed by atoms with Crippen molar-refractivity contribution in [3.63, 3.8) is 0 Å². The van der Waals surface area contributed by atoms with Gasteiger partial charge < -0.3 is 5.32 Å². The molecule has 2 heterocycles. The van der Waals surface area contributed by atoms with Gasteiger partial charge in [0.25, 0.3) is 0 Å². The highest BCUT2D eigenvalue weighted by atomic mass is 32.1. The van der Waals surface area contributed by atoms with E-state index in [0.717, 1.165) is 35.6 Å². The van der Waals surface area contributed by atoms with Gasteiger partial charge in [-0.25, -0.2) is 4.98 Å². The monoisotopic (exact) mass is 263 g/mol. The Morgan fingerprint density at radius 1 is 1.50 bits per heavy atom. The number of rotatable bonds is 4. The Kier molecular flexibility index (Phi) is 3.39. The molecule has 18 heavy (non-hydrogen) atoms. The van der Waals surface area contributed by atoms with Crippen LogP contribution in [-0.4, -0.2) is 15.9 Å². The lowest BCUT2D eigenvalue weighted by Crippen LogP contribution is -2.22. The molecule has 2 aromatic rings. The molecular weight excluding hydrogens is 242 g/mol.